The van der Waals surface area contributed by atoms with Gasteiger partial charge < -0.3 is 73.5 Å². The van der Waals surface area contributed by atoms with E-state index < -0.39 is 114 Å². The first-order valence-electron chi connectivity index (χ1n) is 32.5. The van der Waals surface area contributed by atoms with Crippen LogP contribution in [0.4, 0.5) is 26.7 Å². The lowest BCUT2D eigenvalue weighted by molar-refractivity contribution is -0.195. The average Bonchev–Trinajstić information content (AvgIpc) is 1.63. The molecule has 4 aromatic rings. The van der Waals surface area contributed by atoms with Gasteiger partial charge in [-0.05, 0) is 125 Å². The van der Waals surface area contributed by atoms with E-state index in [2.05, 4.69) is 29.1 Å². The molecule has 3 fully saturated rings. The third-order valence-electron chi connectivity index (χ3n) is 17.4. The van der Waals surface area contributed by atoms with Crippen molar-refractivity contribution >= 4 is 76.6 Å². The van der Waals surface area contributed by atoms with Crippen LogP contribution in [-0.4, -0.2) is 175 Å². The van der Waals surface area contributed by atoms with Gasteiger partial charge in [0.05, 0.1) is 61.5 Å². The van der Waals surface area contributed by atoms with E-state index in [1.54, 1.807) is 75.9 Å². The van der Waals surface area contributed by atoms with E-state index in [0.717, 1.165) is 40.4 Å². The first-order valence-corrected chi connectivity index (χ1v) is 32.5. The number of hydrogen-bond donors (Lipinski definition) is 4. The number of fused-ring (bicyclic) bond motifs is 4. The molecular formula is C71H82N8O20. The molecule has 0 bridgehead atoms. The van der Waals surface area contributed by atoms with E-state index in [-0.39, 0.29) is 103 Å². The highest BCUT2D eigenvalue weighted by molar-refractivity contribution is 6.13. The molecule has 99 heavy (non-hydrogen) atoms. The molecule has 4 aromatic carbocycles. The highest BCUT2D eigenvalue weighted by Gasteiger charge is 2.50. The summed E-state index contributed by atoms with van der Waals surface area (Å²) in [6.45, 7) is 18.1. The SMILES string of the molecule is C=C1CC2[C@H](OC3CCCCO3)N(C(=O)OC(C)(C)C)c3cc(OCc4cc(COc5cc6c(cc5OC)C(=O)N5CC(=C)C[C@H]5[C@H](O)N6C(=O)OCc5ccc(NC(=O)[C@H](C)NC(=O)[C@@H](NC(=O)CCN6C(=O)C=CC6=O)C(C)C)cc5)cc(C(=O)OC)c4)c(OC)cc3C(=O)N2C1. The molecule has 6 heterocycles. The molecule has 9 amide bonds. The lowest BCUT2D eigenvalue weighted by Crippen LogP contribution is -2.54. The maximum Gasteiger partial charge on any atom is 0.417 e. The summed E-state index contributed by atoms with van der Waals surface area (Å²) in [5, 5.41) is 20.1. The van der Waals surface area contributed by atoms with Gasteiger partial charge in [-0.2, -0.15) is 0 Å². The molecule has 0 radical (unpaired) electrons. The second-order valence-electron chi connectivity index (χ2n) is 26.2. The summed E-state index contributed by atoms with van der Waals surface area (Å²) in [5.41, 5.74) is 2.33. The van der Waals surface area contributed by atoms with Crippen LogP contribution in [0, 0.1) is 5.92 Å². The number of benzene rings is 4. The van der Waals surface area contributed by atoms with Crippen LogP contribution in [0.2, 0.25) is 0 Å². The Bertz CT molecular complexity index is 3900. The molecule has 0 spiro atoms. The normalized spacial score (nSPS) is 20.2. The molecular weight excluding hydrogens is 1280 g/mol. The van der Waals surface area contributed by atoms with Crippen molar-refractivity contribution in [2.24, 2.45) is 5.92 Å². The number of ether oxygens (including phenoxy) is 9. The average molecular weight is 1370 g/mol. The fraction of sp³-hybridized carbons (Fsp3) is 0.437. The van der Waals surface area contributed by atoms with Gasteiger partial charge in [0.1, 0.15) is 37.5 Å². The number of imide groups is 1. The topological polar surface area (TPSA) is 326 Å². The van der Waals surface area contributed by atoms with E-state index in [0.29, 0.717) is 47.4 Å². The zero-order chi connectivity index (χ0) is 71.3. The minimum absolute atomic E-state index is 0.0152. The van der Waals surface area contributed by atoms with Crippen molar-refractivity contribution in [3.8, 4) is 23.0 Å². The first-order chi connectivity index (χ1) is 47.1. The molecule has 526 valence electrons. The van der Waals surface area contributed by atoms with Gasteiger partial charge >= 0.3 is 18.2 Å². The number of nitrogens with one attached hydrogen (secondary N) is 3. The van der Waals surface area contributed by atoms with Gasteiger partial charge in [-0.15, -0.1) is 0 Å². The number of esters is 1. The van der Waals surface area contributed by atoms with Crippen molar-refractivity contribution in [1.29, 1.82) is 0 Å². The second-order valence-corrected chi connectivity index (χ2v) is 26.2. The Morgan fingerprint density at radius 3 is 1.80 bits per heavy atom. The van der Waals surface area contributed by atoms with E-state index >= 15 is 0 Å². The lowest BCUT2D eigenvalue weighted by atomic mass is 10.0. The zero-order valence-corrected chi connectivity index (χ0v) is 56.7. The number of methoxy groups -OCH3 is 3. The number of aliphatic hydroxyl groups excluding tert-OH is 1. The number of carbonyl (C=O) groups is 10. The van der Waals surface area contributed by atoms with Gasteiger partial charge in [0.25, 0.3) is 23.6 Å². The predicted molar refractivity (Wildman–Crippen MR) is 355 cm³/mol. The predicted octanol–water partition coefficient (Wildman–Crippen LogP) is 7.19. The fourth-order valence-corrected chi connectivity index (χ4v) is 12.4. The van der Waals surface area contributed by atoms with Crippen LogP contribution in [0.15, 0.2) is 103 Å². The van der Waals surface area contributed by atoms with Crippen LogP contribution in [0.3, 0.4) is 0 Å². The molecule has 2 unspecified atom stereocenters. The molecule has 28 heteroatoms. The van der Waals surface area contributed by atoms with Gasteiger partial charge in [0.2, 0.25) is 17.7 Å². The minimum Gasteiger partial charge on any atom is -0.493 e. The molecule has 6 aliphatic heterocycles. The third-order valence-corrected chi connectivity index (χ3v) is 17.4. The van der Waals surface area contributed by atoms with Gasteiger partial charge in [-0.3, -0.25) is 38.5 Å². The van der Waals surface area contributed by atoms with Gasteiger partial charge in [0.15, 0.2) is 41.7 Å². The smallest absolute Gasteiger partial charge is 0.417 e. The van der Waals surface area contributed by atoms with Crippen LogP contribution < -0.4 is 44.7 Å². The minimum atomic E-state index is -1.66. The second kappa shape index (κ2) is 30.2. The third kappa shape index (κ3) is 16.1. The Balaban J connectivity index is 0.851. The van der Waals surface area contributed by atoms with Gasteiger partial charge in [-0.1, -0.05) is 50.3 Å². The summed E-state index contributed by atoms with van der Waals surface area (Å²) in [4.78, 5) is 141. The number of hydrogen-bond acceptors (Lipinski definition) is 20. The van der Waals surface area contributed by atoms with Crippen molar-refractivity contribution in [3.63, 3.8) is 0 Å². The molecule has 4 N–H and O–H groups in total. The van der Waals surface area contributed by atoms with Crippen LogP contribution in [0.1, 0.15) is 128 Å². The fourth-order valence-electron chi connectivity index (χ4n) is 12.4. The quantitative estimate of drug-likeness (QED) is 0.0262. The lowest BCUT2D eigenvalue weighted by Gasteiger charge is -2.39. The molecule has 6 aliphatic rings. The van der Waals surface area contributed by atoms with Crippen molar-refractivity contribution in [2.75, 3.05) is 62.7 Å². The molecule has 0 aromatic heterocycles. The van der Waals surface area contributed by atoms with E-state index in [1.807, 2.05) is 0 Å². The van der Waals surface area contributed by atoms with E-state index in [4.69, 9.17) is 42.6 Å². The maximum atomic E-state index is 14.7. The van der Waals surface area contributed by atoms with Gasteiger partial charge in [0, 0.05) is 62.6 Å². The number of rotatable bonds is 22. The number of nitrogens with zero attached hydrogens (tertiary/aromatic N) is 5. The van der Waals surface area contributed by atoms with E-state index in [1.165, 1.54) is 68.4 Å². The summed E-state index contributed by atoms with van der Waals surface area (Å²) in [7, 11) is 4.00. The summed E-state index contributed by atoms with van der Waals surface area (Å²) < 4.78 is 54.3. The number of carbonyl (C=O) groups excluding carboxylic acids is 10. The zero-order valence-electron chi connectivity index (χ0n) is 56.7. The summed E-state index contributed by atoms with van der Waals surface area (Å²) in [5.74, 6) is -4.57. The highest BCUT2D eigenvalue weighted by Crippen LogP contribution is 2.45. The Labute approximate surface area is 572 Å². The largest absolute Gasteiger partial charge is 0.493 e. The van der Waals surface area contributed by atoms with Crippen LogP contribution in [0.25, 0.3) is 0 Å². The standard InChI is InChI=1S/C71H82N8O20/c1-38(2)61(74-57(80)21-22-75-58(81)19-20-59(75)82)63(84)72-41(5)62(83)73-46-17-15-42(16-18-46)35-97-69(89)78-49-31-55(53(91-9)29-47(49)64(85)76-33-39(3)24-51(76)66(78)87)95-36-43-26-44(28-45(27-43)68(88)93-11)37-96-56-32-50-48(30-54(56)92-10)65(86)77-34-40(4)25-52(77)67(98-60-14-12-13-23-94-60)79(50)70(90)99-71(6,7)8/h15-20,26-32,38,41,51-52,60-61,66-67,87H,3-4,12-14,21-25,33-37H2,1-2,5-11H3,(H,72,84)(H,73,83)(H,74,80)/t41-,51-,52?,60?,61-,66-,67-/m0/s1. The number of aliphatic hydroxyl groups is 1. The van der Waals surface area contributed by atoms with E-state index in [9.17, 15) is 53.1 Å². The van der Waals surface area contributed by atoms with Crippen LogP contribution in [0.5, 0.6) is 23.0 Å². The van der Waals surface area contributed by atoms with Gasteiger partial charge in [-0.25, -0.2) is 24.2 Å². The Morgan fingerprint density at radius 1 is 0.677 bits per heavy atom. The first kappa shape index (κ1) is 71.5. The molecule has 3 saturated heterocycles. The summed E-state index contributed by atoms with van der Waals surface area (Å²) >= 11 is 0. The summed E-state index contributed by atoms with van der Waals surface area (Å²) in [6, 6.07) is 13.1. The molecule has 0 aliphatic carbocycles. The maximum absolute atomic E-state index is 14.7. The van der Waals surface area contributed by atoms with Crippen LogP contribution in [-0.2, 0) is 67.5 Å². The Hall–Kier alpha value is -10.3. The number of anilines is 3. The van der Waals surface area contributed by atoms with Crippen molar-refractivity contribution in [3.05, 3.63) is 137 Å². The monoisotopic (exact) mass is 1370 g/mol. The van der Waals surface area contributed by atoms with Crippen molar-refractivity contribution in [1.82, 2.24) is 25.3 Å². The summed E-state index contributed by atoms with van der Waals surface area (Å²) in [6.07, 6.45) is -0.516. The molecule has 0 saturated carbocycles. The van der Waals surface area contributed by atoms with Crippen molar-refractivity contribution in [2.45, 2.75) is 148 Å². The van der Waals surface area contributed by atoms with Crippen LogP contribution >= 0.6 is 0 Å². The molecule has 7 atom stereocenters. The highest BCUT2D eigenvalue weighted by atomic mass is 16.7. The molecule has 28 nitrogen and oxygen atoms in total. The number of amides is 9. The molecule has 10 rings (SSSR count). The van der Waals surface area contributed by atoms with Crippen molar-refractivity contribution < 1.29 is 95.7 Å². The Morgan fingerprint density at radius 2 is 1.25 bits per heavy atom. The Kier molecular flexibility index (Phi) is 21.8.